The van der Waals surface area contributed by atoms with E-state index in [-0.39, 0.29) is 0 Å². The van der Waals surface area contributed by atoms with Crippen LogP contribution in [0, 0.1) is 0 Å². The minimum atomic E-state index is -0.417. The van der Waals surface area contributed by atoms with Gasteiger partial charge in [-0.05, 0) is 0 Å². The third-order valence-electron chi connectivity index (χ3n) is 2.21. The molecular weight excluding hydrogens is 296 g/mol. The summed E-state index contributed by atoms with van der Waals surface area (Å²) in [7, 11) is 0. The van der Waals surface area contributed by atoms with Crippen LogP contribution in [0.3, 0.4) is 0 Å². The predicted octanol–water partition coefficient (Wildman–Crippen LogP) is 3.50. The van der Waals surface area contributed by atoms with Gasteiger partial charge < -0.3 is 0 Å². The van der Waals surface area contributed by atoms with Gasteiger partial charge in [0.15, 0.2) is 0 Å². The van der Waals surface area contributed by atoms with E-state index in [0.717, 1.165) is 10.5 Å². The summed E-state index contributed by atoms with van der Waals surface area (Å²) < 4.78 is 10.2. The Morgan fingerprint density at radius 2 is 2.00 bits per heavy atom. The molecule has 0 radical (unpaired) electrons. The molecule has 0 N–H and O–H groups in total. The van der Waals surface area contributed by atoms with Gasteiger partial charge in [-0.25, -0.2) is 0 Å². The summed E-state index contributed by atoms with van der Waals surface area (Å²) in [5.74, 6) is 0. The van der Waals surface area contributed by atoms with E-state index in [0.29, 0.717) is 0 Å². The summed E-state index contributed by atoms with van der Waals surface area (Å²) in [5, 5.41) is 0. The maximum absolute atomic E-state index is 7.91. The Labute approximate surface area is 105 Å². The Balaban J connectivity index is 2.24. The number of allylic oxidation sites excluding steroid dienone is 1. The molecule has 0 atom stereocenters. The molecule has 1 heteroatoms. The van der Waals surface area contributed by atoms with E-state index in [9.17, 15) is 0 Å². The Morgan fingerprint density at radius 3 is 2.73 bits per heavy atom. The van der Waals surface area contributed by atoms with E-state index in [4.69, 9.17) is 1.37 Å². The van der Waals surface area contributed by atoms with Crippen molar-refractivity contribution in [3.63, 3.8) is 0 Å². The Hall–Kier alpha value is -0.250. The van der Waals surface area contributed by atoms with Crippen molar-refractivity contribution in [1.82, 2.24) is 0 Å². The summed E-state index contributed by atoms with van der Waals surface area (Å²) in [6, 6.07) is 10.4. The van der Waals surface area contributed by atoms with Crippen LogP contribution in [0.4, 0.5) is 0 Å². The molecule has 0 saturated heterocycles. The summed E-state index contributed by atoms with van der Waals surface area (Å²) in [4.78, 5) is 0. The fourth-order valence-corrected chi connectivity index (χ4v) is 3.13. The molecule has 0 bridgehead atoms. The first-order chi connectivity index (χ1) is 7.83. The molecule has 0 fully saturated rings. The molecule has 0 nitrogen and oxygen atoms in total. The van der Waals surface area contributed by atoms with Crippen molar-refractivity contribution in [1.29, 1.82) is 0 Å². The van der Waals surface area contributed by atoms with E-state index < -0.39 is 20.9 Å². The minimum absolute atomic E-state index is 0.417. The van der Waals surface area contributed by atoms with Crippen molar-refractivity contribution in [2.24, 2.45) is 0 Å². The molecule has 0 aliphatic carbocycles. The molecule has 0 aliphatic heterocycles. The topological polar surface area (TPSA) is 0 Å². The summed E-state index contributed by atoms with van der Waals surface area (Å²) >= 11 is -0.417. The fourth-order valence-electron chi connectivity index (χ4n) is 1.33. The first-order valence-electron chi connectivity index (χ1n) is 6.22. The average molecular weight is 317 g/mol. The van der Waals surface area contributed by atoms with Gasteiger partial charge in [0.2, 0.25) is 0 Å². The molecule has 1 rings (SSSR count). The molecule has 0 aromatic heterocycles. The summed E-state index contributed by atoms with van der Waals surface area (Å²) in [6.45, 7) is 2.23. The Kier molecular flexibility index (Phi) is 6.75. The second-order valence-electron chi connectivity index (χ2n) is 3.59. The third-order valence-corrected chi connectivity index (χ3v) is 4.47. The standard InChI is InChI=1S/C14H20Te/c1-2-3-4-5-6-10-13-15-14-11-8-7-9-12-14/h7-13H,2-6H2,1H3/b13-10+/i13D. The first-order valence-corrected chi connectivity index (χ1v) is 8.05. The number of unbranched alkanes of at least 4 members (excludes halogenated alkanes) is 4. The van der Waals surface area contributed by atoms with Gasteiger partial charge in [-0.3, -0.25) is 0 Å². The second-order valence-corrected chi connectivity index (χ2v) is 6.19. The third kappa shape index (κ3) is 6.77. The van der Waals surface area contributed by atoms with Crippen LogP contribution >= 0.6 is 0 Å². The number of benzene rings is 1. The molecule has 1 aromatic carbocycles. The van der Waals surface area contributed by atoms with Gasteiger partial charge in [-0.15, -0.1) is 0 Å². The van der Waals surface area contributed by atoms with Gasteiger partial charge in [0.25, 0.3) is 0 Å². The van der Waals surface area contributed by atoms with Gasteiger partial charge >= 0.3 is 105 Å². The van der Waals surface area contributed by atoms with Crippen molar-refractivity contribution in [3.05, 3.63) is 40.5 Å². The Morgan fingerprint density at radius 1 is 1.20 bits per heavy atom. The quantitative estimate of drug-likeness (QED) is 0.533. The molecule has 0 unspecified atom stereocenters. The van der Waals surface area contributed by atoms with Crippen LogP contribution in [-0.2, 0) is 0 Å². The van der Waals surface area contributed by atoms with E-state index >= 15 is 0 Å². The van der Waals surface area contributed by atoms with Gasteiger partial charge in [0.1, 0.15) is 0 Å². The van der Waals surface area contributed by atoms with Crippen molar-refractivity contribution in [2.45, 2.75) is 39.0 Å². The van der Waals surface area contributed by atoms with Gasteiger partial charge in [-0.1, -0.05) is 0 Å². The SMILES string of the molecule is [2H]/C(=C\CCCCCC)[Te]c1ccccc1. The van der Waals surface area contributed by atoms with Gasteiger partial charge in [0, 0.05) is 0 Å². The zero-order valence-electron chi connectivity index (χ0n) is 10.4. The van der Waals surface area contributed by atoms with Crippen LogP contribution in [0.5, 0.6) is 0 Å². The number of rotatable bonds is 7. The van der Waals surface area contributed by atoms with Gasteiger partial charge in [0.05, 0.1) is 0 Å². The molecule has 15 heavy (non-hydrogen) atoms. The summed E-state index contributed by atoms with van der Waals surface area (Å²) in [5.41, 5.74) is 0. The van der Waals surface area contributed by atoms with E-state index in [1.165, 1.54) is 29.3 Å². The van der Waals surface area contributed by atoms with Crippen molar-refractivity contribution < 1.29 is 1.37 Å². The van der Waals surface area contributed by atoms with Crippen LogP contribution in [-0.4, -0.2) is 20.9 Å². The zero-order valence-corrected chi connectivity index (χ0v) is 11.7. The van der Waals surface area contributed by atoms with Crippen molar-refractivity contribution in [3.8, 4) is 0 Å². The monoisotopic (exact) mass is 319 g/mol. The van der Waals surface area contributed by atoms with Crippen molar-refractivity contribution in [2.75, 3.05) is 0 Å². The number of hydrogen-bond acceptors (Lipinski definition) is 0. The molecule has 82 valence electrons. The molecule has 0 aliphatic rings. The molecule has 0 saturated carbocycles. The Bertz CT molecular complexity index is 306. The van der Waals surface area contributed by atoms with Crippen LogP contribution in [0.25, 0.3) is 0 Å². The molecular formula is C14H20Te. The summed E-state index contributed by atoms with van der Waals surface area (Å²) in [6.07, 6.45) is 8.40. The van der Waals surface area contributed by atoms with E-state index in [1.54, 1.807) is 0 Å². The molecule has 0 heterocycles. The zero-order chi connectivity index (χ0) is 11.6. The van der Waals surface area contributed by atoms with Crippen LogP contribution in [0.2, 0.25) is 0 Å². The van der Waals surface area contributed by atoms with Crippen LogP contribution < -0.4 is 3.61 Å². The molecule has 1 aromatic rings. The normalized spacial score (nSPS) is 12.6. The van der Waals surface area contributed by atoms with Gasteiger partial charge in [-0.2, -0.15) is 0 Å². The van der Waals surface area contributed by atoms with Crippen LogP contribution in [0.15, 0.2) is 40.5 Å². The average Bonchev–Trinajstić information content (AvgIpc) is 2.30. The first kappa shape index (κ1) is 11.2. The molecule has 0 spiro atoms. The maximum atomic E-state index is 7.91. The second kappa shape index (κ2) is 9.01. The molecule has 0 amide bonds. The fraction of sp³-hybridized carbons (Fsp3) is 0.429. The predicted molar refractivity (Wildman–Crippen MR) is 69.7 cm³/mol. The van der Waals surface area contributed by atoms with E-state index in [1.807, 2.05) is 6.07 Å². The van der Waals surface area contributed by atoms with Crippen molar-refractivity contribution >= 4 is 24.5 Å². The van der Waals surface area contributed by atoms with E-state index in [2.05, 4.69) is 37.3 Å². The number of hydrogen-bond donors (Lipinski definition) is 0. The van der Waals surface area contributed by atoms with Crippen LogP contribution in [0.1, 0.15) is 40.4 Å².